The summed E-state index contributed by atoms with van der Waals surface area (Å²) in [5.74, 6) is -0.275. The lowest BCUT2D eigenvalue weighted by Crippen LogP contribution is -2.15. The SMILES string of the molecule is CC(C)n1cnnc1-c1cccc(NC(=O)c2cc3c(ccn3CCn3cccn3)cc2F)n1. The summed E-state index contributed by atoms with van der Waals surface area (Å²) in [7, 11) is 0. The number of fused-ring (bicyclic) bond motifs is 1. The van der Waals surface area contributed by atoms with Crippen LogP contribution in [0.2, 0.25) is 0 Å². The Morgan fingerprint density at radius 1 is 1.12 bits per heavy atom. The summed E-state index contributed by atoms with van der Waals surface area (Å²) < 4.78 is 20.5. The predicted octanol–water partition coefficient (Wildman–Crippen LogP) is 4.16. The van der Waals surface area contributed by atoms with Gasteiger partial charge in [0.25, 0.3) is 5.91 Å². The maximum absolute atomic E-state index is 14.8. The van der Waals surface area contributed by atoms with Crippen LogP contribution in [0.4, 0.5) is 10.2 Å². The predicted molar refractivity (Wildman–Crippen MR) is 126 cm³/mol. The molecule has 0 radical (unpaired) electrons. The number of hydrogen-bond acceptors (Lipinski definition) is 5. The van der Waals surface area contributed by atoms with Crippen LogP contribution >= 0.6 is 0 Å². The van der Waals surface area contributed by atoms with E-state index in [1.54, 1.807) is 36.8 Å². The van der Waals surface area contributed by atoms with Crippen molar-refractivity contribution in [1.82, 2.24) is 34.1 Å². The van der Waals surface area contributed by atoms with Crippen LogP contribution in [0.3, 0.4) is 0 Å². The Morgan fingerprint density at radius 2 is 2.00 bits per heavy atom. The fourth-order valence-electron chi connectivity index (χ4n) is 3.84. The number of anilines is 1. The molecule has 5 rings (SSSR count). The van der Waals surface area contributed by atoms with Crippen LogP contribution < -0.4 is 5.32 Å². The Kier molecular flexibility index (Phi) is 5.62. The standard InChI is InChI=1S/C24H23FN8O/c1-16(2)33-15-26-30-23(33)20-5-3-6-22(28-20)29-24(34)18-14-21-17(13-19(18)25)7-10-31(21)11-12-32-9-4-8-27-32/h3-10,13-16H,11-12H2,1-2H3,(H,28,29,34). The molecule has 1 N–H and O–H groups in total. The highest BCUT2D eigenvalue weighted by Crippen LogP contribution is 2.23. The van der Waals surface area contributed by atoms with Crippen LogP contribution in [0.15, 0.2) is 67.4 Å². The van der Waals surface area contributed by atoms with Crippen molar-refractivity contribution >= 4 is 22.6 Å². The number of hydrogen-bond donors (Lipinski definition) is 1. The van der Waals surface area contributed by atoms with Crippen LogP contribution in [0.25, 0.3) is 22.4 Å². The van der Waals surface area contributed by atoms with Gasteiger partial charge in [0.1, 0.15) is 23.7 Å². The van der Waals surface area contributed by atoms with E-state index in [0.29, 0.717) is 30.4 Å². The largest absolute Gasteiger partial charge is 0.346 e. The molecule has 0 aliphatic heterocycles. The second kappa shape index (κ2) is 8.89. The molecule has 0 spiro atoms. The Balaban J connectivity index is 1.39. The fourth-order valence-corrected chi connectivity index (χ4v) is 3.84. The van der Waals surface area contributed by atoms with E-state index in [1.165, 1.54) is 6.07 Å². The minimum Gasteiger partial charge on any atom is -0.346 e. The van der Waals surface area contributed by atoms with E-state index >= 15 is 0 Å². The van der Waals surface area contributed by atoms with E-state index in [9.17, 15) is 9.18 Å². The highest BCUT2D eigenvalue weighted by molar-refractivity contribution is 6.06. The lowest BCUT2D eigenvalue weighted by molar-refractivity contribution is 0.102. The maximum Gasteiger partial charge on any atom is 0.259 e. The second-order valence-corrected chi connectivity index (χ2v) is 8.19. The van der Waals surface area contributed by atoms with E-state index in [-0.39, 0.29) is 11.6 Å². The zero-order chi connectivity index (χ0) is 23.7. The van der Waals surface area contributed by atoms with Crippen LogP contribution in [0.5, 0.6) is 0 Å². The number of aromatic nitrogens is 7. The molecule has 9 nitrogen and oxygen atoms in total. The van der Waals surface area contributed by atoms with Gasteiger partial charge in [0.05, 0.1) is 12.1 Å². The number of nitrogens with one attached hydrogen (secondary N) is 1. The molecule has 0 atom stereocenters. The summed E-state index contributed by atoms with van der Waals surface area (Å²) in [5.41, 5.74) is 1.28. The molecule has 0 saturated heterocycles. The highest BCUT2D eigenvalue weighted by atomic mass is 19.1. The van der Waals surface area contributed by atoms with Gasteiger partial charge >= 0.3 is 0 Å². The minimum absolute atomic E-state index is 0.0518. The molecule has 1 aromatic carbocycles. The topological polar surface area (TPSA) is 95.5 Å². The van der Waals surface area contributed by atoms with Crippen molar-refractivity contribution in [3.05, 3.63) is 78.8 Å². The summed E-state index contributed by atoms with van der Waals surface area (Å²) in [5, 5.41) is 15.7. The lowest BCUT2D eigenvalue weighted by Gasteiger charge is -2.11. The lowest BCUT2D eigenvalue weighted by atomic mass is 10.1. The molecular weight excluding hydrogens is 435 g/mol. The molecule has 0 bridgehead atoms. The first kappa shape index (κ1) is 21.5. The van der Waals surface area contributed by atoms with Gasteiger partial charge in [-0.15, -0.1) is 10.2 Å². The molecule has 0 saturated carbocycles. The number of carbonyl (C=O) groups excluding carboxylic acids is 1. The minimum atomic E-state index is -0.592. The van der Waals surface area contributed by atoms with Crippen molar-refractivity contribution in [1.29, 1.82) is 0 Å². The first-order valence-electron chi connectivity index (χ1n) is 10.9. The molecule has 0 aliphatic rings. The van der Waals surface area contributed by atoms with Gasteiger partial charge in [0, 0.05) is 42.1 Å². The van der Waals surface area contributed by atoms with Crippen LogP contribution in [-0.2, 0) is 13.1 Å². The molecule has 0 fully saturated rings. The molecule has 172 valence electrons. The van der Waals surface area contributed by atoms with E-state index in [2.05, 4.69) is 25.6 Å². The number of amides is 1. The average molecular weight is 459 g/mol. The molecule has 1 amide bonds. The Labute approximate surface area is 194 Å². The smallest absolute Gasteiger partial charge is 0.259 e. The van der Waals surface area contributed by atoms with Gasteiger partial charge in [0.15, 0.2) is 5.82 Å². The number of pyridine rings is 1. The Bertz CT molecular complexity index is 1450. The number of aryl methyl sites for hydroxylation is 2. The van der Waals surface area contributed by atoms with Crippen molar-refractivity contribution in [3.63, 3.8) is 0 Å². The number of rotatable bonds is 7. The van der Waals surface area contributed by atoms with E-state index < -0.39 is 11.7 Å². The average Bonchev–Trinajstić information content (AvgIpc) is 3.58. The molecule has 0 aliphatic carbocycles. The Hall–Kier alpha value is -4.34. The van der Waals surface area contributed by atoms with Crippen molar-refractivity contribution in [3.8, 4) is 11.5 Å². The maximum atomic E-state index is 14.8. The van der Waals surface area contributed by atoms with Gasteiger partial charge in [-0.1, -0.05) is 6.07 Å². The summed E-state index contributed by atoms with van der Waals surface area (Å²) in [4.78, 5) is 17.5. The number of nitrogens with zero attached hydrogens (tertiary/aromatic N) is 7. The van der Waals surface area contributed by atoms with Gasteiger partial charge in [-0.2, -0.15) is 5.10 Å². The van der Waals surface area contributed by atoms with Crippen LogP contribution in [0, 0.1) is 5.82 Å². The fraction of sp³-hybridized carbons (Fsp3) is 0.208. The van der Waals surface area contributed by atoms with Crippen molar-refractivity contribution in [2.24, 2.45) is 0 Å². The number of halogens is 1. The van der Waals surface area contributed by atoms with Gasteiger partial charge in [-0.05, 0) is 50.2 Å². The monoisotopic (exact) mass is 458 g/mol. The van der Waals surface area contributed by atoms with Gasteiger partial charge in [0.2, 0.25) is 0 Å². The third-order valence-corrected chi connectivity index (χ3v) is 5.58. The Morgan fingerprint density at radius 3 is 2.79 bits per heavy atom. The van der Waals surface area contributed by atoms with E-state index in [1.807, 2.05) is 52.2 Å². The van der Waals surface area contributed by atoms with Crippen LogP contribution in [0.1, 0.15) is 30.2 Å². The molecular formula is C24H23FN8O. The summed E-state index contributed by atoms with van der Waals surface area (Å²) >= 11 is 0. The molecule has 0 unspecified atom stereocenters. The van der Waals surface area contributed by atoms with Crippen molar-refractivity contribution in [2.45, 2.75) is 33.0 Å². The molecule has 34 heavy (non-hydrogen) atoms. The zero-order valence-electron chi connectivity index (χ0n) is 18.8. The van der Waals surface area contributed by atoms with E-state index in [0.717, 1.165) is 10.9 Å². The first-order chi connectivity index (χ1) is 16.5. The zero-order valence-corrected chi connectivity index (χ0v) is 18.8. The first-order valence-corrected chi connectivity index (χ1v) is 10.9. The third kappa shape index (κ3) is 4.17. The number of carbonyl (C=O) groups is 1. The number of benzene rings is 1. The van der Waals surface area contributed by atoms with E-state index in [4.69, 9.17) is 0 Å². The molecule has 4 aromatic heterocycles. The van der Waals surface area contributed by atoms with Gasteiger partial charge in [-0.3, -0.25) is 9.48 Å². The van der Waals surface area contributed by atoms with Gasteiger partial charge in [-0.25, -0.2) is 9.37 Å². The summed E-state index contributed by atoms with van der Waals surface area (Å²) in [6.45, 7) is 5.33. The molecule has 4 heterocycles. The van der Waals surface area contributed by atoms with Crippen molar-refractivity contribution < 1.29 is 9.18 Å². The summed E-state index contributed by atoms with van der Waals surface area (Å²) in [6, 6.07) is 12.0. The summed E-state index contributed by atoms with van der Waals surface area (Å²) in [6.07, 6.45) is 7.13. The molecule has 5 aromatic rings. The normalized spacial score (nSPS) is 11.4. The quantitative estimate of drug-likeness (QED) is 0.395. The highest BCUT2D eigenvalue weighted by Gasteiger charge is 2.17. The second-order valence-electron chi connectivity index (χ2n) is 8.19. The van der Waals surface area contributed by atoms with Crippen molar-refractivity contribution in [2.75, 3.05) is 5.32 Å². The molecule has 10 heteroatoms. The third-order valence-electron chi connectivity index (χ3n) is 5.58. The van der Waals surface area contributed by atoms with Gasteiger partial charge < -0.3 is 14.5 Å². The van der Waals surface area contributed by atoms with Crippen LogP contribution in [-0.4, -0.2) is 40.0 Å².